The molecule has 0 bridgehead atoms. The molecule has 2 rings (SSSR count). The van der Waals surface area contributed by atoms with Gasteiger partial charge in [0.25, 0.3) is 0 Å². The van der Waals surface area contributed by atoms with Crippen molar-refractivity contribution in [3.8, 4) is 17.2 Å². The molecule has 6 nitrogen and oxygen atoms in total. The van der Waals surface area contributed by atoms with Crippen LogP contribution >= 0.6 is 0 Å². The van der Waals surface area contributed by atoms with E-state index in [0.29, 0.717) is 5.69 Å². The number of benzene rings is 2. The Kier molecular flexibility index (Phi) is 5.36. The maximum atomic E-state index is 14.1. The highest BCUT2D eigenvalue weighted by molar-refractivity contribution is 5.95. The van der Waals surface area contributed by atoms with Crippen LogP contribution in [0.4, 0.5) is 10.1 Å². The van der Waals surface area contributed by atoms with E-state index in [0.717, 1.165) is 6.07 Å². The van der Waals surface area contributed by atoms with Gasteiger partial charge in [-0.05, 0) is 12.1 Å². The predicted molar refractivity (Wildman–Crippen MR) is 85.2 cm³/mol. The van der Waals surface area contributed by atoms with Crippen LogP contribution in [0, 0.1) is 5.82 Å². The number of ether oxygens (including phenoxy) is 3. The second kappa shape index (κ2) is 7.45. The van der Waals surface area contributed by atoms with Crippen LogP contribution in [0.5, 0.6) is 17.2 Å². The van der Waals surface area contributed by atoms with Crippen molar-refractivity contribution in [2.75, 3.05) is 19.5 Å². The number of esters is 1. The molecule has 7 heteroatoms. The molecule has 1 N–H and O–H groups in total. The molecule has 0 heterocycles. The number of amides is 1. The van der Waals surface area contributed by atoms with Gasteiger partial charge in [-0.3, -0.25) is 4.79 Å². The van der Waals surface area contributed by atoms with Gasteiger partial charge < -0.3 is 19.5 Å². The Morgan fingerprint density at radius 2 is 1.62 bits per heavy atom. The maximum Gasteiger partial charge on any atom is 0.346 e. The van der Waals surface area contributed by atoms with Crippen LogP contribution in [-0.4, -0.2) is 26.1 Å². The van der Waals surface area contributed by atoms with E-state index in [1.807, 2.05) is 0 Å². The molecule has 24 heavy (non-hydrogen) atoms. The van der Waals surface area contributed by atoms with Gasteiger partial charge in [0.15, 0.2) is 17.2 Å². The number of hydrogen-bond donors (Lipinski definition) is 1. The molecule has 0 spiro atoms. The van der Waals surface area contributed by atoms with Gasteiger partial charge >= 0.3 is 5.97 Å². The number of para-hydroxylation sites is 2. The summed E-state index contributed by atoms with van der Waals surface area (Å²) in [5, 5.41) is 2.53. The first-order valence-corrected chi connectivity index (χ1v) is 6.96. The van der Waals surface area contributed by atoms with E-state index in [4.69, 9.17) is 14.2 Å². The van der Waals surface area contributed by atoms with E-state index in [1.165, 1.54) is 33.3 Å². The predicted octanol–water partition coefficient (Wildman–Crippen LogP) is 3.02. The molecule has 0 atom stereocenters. The Hall–Kier alpha value is -3.09. The molecular formula is C17H16FNO5. The smallest absolute Gasteiger partial charge is 0.346 e. The average molecular weight is 333 g/mol. The summed E-state index contributed by atoms with van der Waals surface area (Å²) in [5.74, 6) is -1.60. The summed E-state index contributed by atoms with van der Waals surface area (Å²) >= 11 is 0. The number of carbonyl (C=O) groups excluding carboxylic acids is 2. The molecule has 0 aliphatic carbocycles. The zero-order valence-electron chi connectivity index (χ0n) is 13.4. The van der Waals surface area contributed by atoms with Crippen molar-refractivity contribution in [3.63, 3.8) is 0 Å². The van der Waals surface area contributed by atoms with Gasteiger partial charge in [-0.25, -0.2) is 9.18 Å². The fourth-order valence-electron chi connectivity index (χ4n) is 2.01. The summed E-state index contributed by atoms with van der Waals surface area (Å²) in [6.07, 6.45) is 0. The van der Waals surface area contributed by atoms with Gasteiger partial charge in [-0.2, -0.15) is 0 Å². The molecule has 0 aromatic heterocycles. The van der Waals surface area contributed by atoms with Crippen LogP contribution in [0.1, 0.15) is 17.3 Å². The van der Waals surface area contributed by atoms with E-state index in [1.54, 1.807) is 18.2 Å². The molecule has 0 saturated carbocycles. The molecule has 0 aliphatic heterocycles. The number of nitrogens with one attached hydrogen (secondary N) is 1. The minimum atomic E-state index is -0.925. The highest BCUT2D eigenvalue weighted by atomic mass is 19.1. The number of carbonyl (C=O) groups is 2. The van der Waals surface area contributed by atoms with Crippen molar-refractivity contribution in [2.24, 2.45) is 0 Å². The Labute approximate surface area is 138 Å². The SMILES string of the molecule is COc1cc(F)c(C(=O)Oc2ccccc2NC(C)=O)cc1OC. The van der Waals surface area contributed by atoms with E-state index < -0.39 is 11.8 Å². The third-order valence-electron chi connectivity index (χ3n) is 3.09. The number of rotatable bonds is 5. The molecule has 0 aliphatic rings. The molecule has 1 amide bonds. The van der Waals surface area contributed by atoms with Crippen molar-refractivity contribution in [1.82, 2.24) is 0 Å². The maximum absolute atomic E-state index is 14.1. The standard InChI is InChI=1S/C17H16FNO5/c1-10(20)19-13-6-4-5-7-14(13)24-17(21)11-8-15(22-2)16(23-3)9-12(11)18/h4-9H,1-3H3,(H,19,20). The fraction of sp³-hybridized carbons (Fsp3) is 0.176. The second-order valence-electron chi connectivity index (χ2n) is 4.75. The van der Waals surface area contributed by atoms with Gasteiger partial charge in [0, 0.05) is 19.1 Å². The van der Waals surface area contributed by atoms with Gasteiger partial charge in [0.2, 0.25) is 5.91 Å². The Morgan fingerprint density at radius 1 is 1.00 bits per heavy atom. The first-order chi connectivity index (χ1) is 11.5. The van der Waals surface area contributed by atoms with Crippen LogP contribution < -0.4 is 19.5 Å². The normalized spacial score (nSPS) is 10.0. The Balaban J connectivity index is 2.32. The number of hydrogen-bond acceptors (Lipinski definition) is 5. The molecule has 2 aromatic carbocycles. The van der Waals surface area contributed by atoms with Crippen molar-refractivity contribution in [3.05, 3.63) is 47.8 Å². The molecule has 2 aromatic rings. The highest BCUT2D eigenvalue weighted by Crippen LogP contribution is 2.31. The molecule has 126 valence electrons. The minimum absolute atomic E-state index is 0.104. The van der Waals surface area contributed by atoms with E-state index in [9.17, 15) is 14.0 Å². The summed E-state index contributed by atoms with van der Waals surface area (Å²) in [7, 11) is 2.73. The fourth-order valence-corrected chi connectivity index (χ4v) is 2.01. The average Bonchev–Trinajstić information content (AvgIpc) is 2.55. The van der Waals surface area contributed by atoms with Crippen molar-refractivity contribution >= 4 is 17.6 Å². The lowest BCUT2D eigenvalue weighted by Crippen LogP contribution is -2.14. The first kappa shape index (κ1) is 17.3. The largest absolute Gasteiger partial charge is 0.493 e. The molecule has 0 unspecified atom stereocenters. The molecule has 0 saturated heterocycles. The van der Waals surface area contributed by atoms with Crippen LogP contribution in [0.15, 0.2) is 36.4 Å². The summed E-state index contributed by atoms with van der Waals surface area (Å²) in [6.45, 7) is 1.33. The lowest BCUT2D eigenvalue weighted by Gasteiger charge is -2.12. The second-order valence-corrected chi connectivity index (χ2v) is 4.75. The minimum Gasteiger partial charge on any atom is -0.493 e. The topological polar surface area (TPSA) is 73.9 Å². The van der Waals surface area contributed by atoms with E-state index in [-0.39, 0.29) is 28.7 Å². The number of halogens is 1. The summed E-state index contributed by atoms with van der Waals surface area (Å²) < 4.78 is 29.3. The van der Waals surface area contributed by atoms with E-state index >= 15 is 0 Å². The molecular weight excluding hydrogens is 317 g/mol. The summed E-state index contributed by atoms with van der Waals surface area (Å²) in [5.41, 5.74) is -0.00971. The van der Waals surface area contributed by atoms with Crippen LogP contribution in [0.25, 0.3) is 0 Å². The third kappa shape index (κ3) is 3.81. The van der Waals surface area contributed by atoms with Gasteiger partial charge in [0.1, 0.15) is 5.82 Å². The lowest BCUT2D eigenvalue weighted by atomic mass is 10.2. The zero-order valence-corrected chi connectivity index (χ0v) is 13.4. The number of methoxy groups -OCH3 is 2. The van der Waals surface area contributed by atoms with E-state index in [2.05, 4.69) is 5.32 Å². The van der Waals surface area contributed by atoms with Gasteiger partial charge in [-0.15, -0.1) is 0 Å². The Bertz CT molecular complexity index is 776. The number of anilines is 1. The monoisotopic (exact) mass is 333 g/mol. The summed E-state index contributed by atoms with van der Waals surface area (Å²) in [6, 6.07) is 8.57. The lowest BCUT2D eigenvalue weighted by molar-refractivity contribution is -0.114. The van der Waals surface area contributed by atoms with Crippen LogP contribution in [0.3, 0.4) is 0 Å². The van der Waals surface area contributed by atoms with Crippen LogP contribution in [-0.2, 0) is 4.79 Å². The van der Waals surface area contributed by atoms with Crippen LogP contribution in [0.2, 0.25) is 0 Å². The van der Waals surface area contributed by atoms with Crippen molar-refractivity contribution in [2.45, 2.75) is 6.92 Å². The summed E-state index contributed by atoms with van der Waals surface area (Å²) in [4.78, 5) is 23.5. The Morgan fingerprint density at radius 3 is 2.25 bits per heavy atom. The quantitative estimate of drug-likeness (QED) is 0.672. The van der Waals surface area contributed by atoms with Crippen molar-refractivity contribution < 1.29 is 28.2 Å². The molecule has 0 fully saturated rings. The third-order valence-corrected chi connectivity index (χ3v) is 3.09. The highest BCUT2D eigenvalue weighted by Gasteiger charge is 2.20. The first-order valence-electron chi connectivity index (χ1n) is 6.96. The molecule has 0 radical (unpaired) electrons. The van der Waals surface area contributed by atoms with Gasteiger partial charge in [0.05, 0.1) is 25.5 Å². The zero-order chi connectivity index (χ0) is 17.7. The van der Waals surface area contributed by atoms with Gasteiger partial charge in [-0.1, -0.05) is 12.1 Å². The van der Waals surface area contributed by atoms with Crippen molar-refractivity contribution in [1.29, 1.82) is 0 Å².